The van der Waals surface area contributed by atoms with E-state index in [-0.39, 0.29) is 6.10 Å². The zero-order valence-corrected chi connectivity index (χ0v) is 12.2. The second kappa shape index (κ2) is 6.15. The molecule has 18 heavy (non-hydrogen) atoms. The maximum absolute atomic E-state index is 10.2. The summed E-state index contributed by atoms with van der Waals surface area (Å²) in [5.74, 6) is 0.349. The van der Waals surface area contributed by atoms with Crippen molar-refractivity contribution < 1.29 is 10.2 Å². The zero-order chi connectivity index (χ0) is 13.1. The number of aliphatic hydroxyl groups is 2. The van der Waals surface area contributed by atoms with Crippen LogP contribution in [0.25, 0.3) is 0 Å². The Morgan fingerprint density at radius 3 is 2.56 bits per heavy atom. The number of aliphatic hydroxyl groups excluding tert-OH is 2. The fourth-order valence-corrected chi connectivity index (χ4v) is 2.72. The molecule has 100 valence electrons. The van der Waals surface area contributed by atoms with Crippen molar-refractivity contribution in [3.05, 3.63) is 34.3 Å². The van der Waals surface area contributed by atoms with Gasteiger partial charge in [-0.25, -0.2) is 0 Å². The number of β-amino-alcohol motifs (C(OH)–C–C–N with tert-alkyl or cyclic N) is 1. The van der Waals surface area contributed by atoms with E-state index in [1.807, 2.05) is 31.2 Å². The summed E-state index contributed by atoms with van der Waals surface area (Å²) in [5, 5.41) is 19.7. The summed E-state index contributed by atoms with van der Waals surface area (Å²) in [6.45, 7) is 4.33. The minimum Gasteiger partial charge on any atom is -0.393 e. The summed E-state index contributed by atoms with van der Waals surface area (Å²) >= 11 is 3.39. The Balaban J connectivity index is 1.88. The molecule has 1 aromatic rings. The van der Waals surface area contributed by atoms with Crippen molar-refractivity contribution in [2.45, 2.75) is 25.6 Å². The van der Waals surface area contributed by atoms with Gasteiger partial charge in [0.2, 0.25) is 0 Å². The molecule has 1 saturated heterocycles. The summed E-state index contributed by atoms with van der Waals surface area (Å²) in [5.41, 5.74) is 0.943. The zero-order valence-electron chi connectivity index (χ0n) is 10.6. The van der Waals surface area contributed by atoms with Crippen LogP contribution in [0.15, 0.2) is 28.7 Å². The average molecular weight is 314 g/mol. The van der Waals surface area contributed by atoms with Gasteiger partial charge in [0.1, 0.15) is 0 Å². The maximum Gasteiger partial charge on any atom is 0.0916 e. The fraction of sp³-hybridized carbons (Fsp3) is 0.571. The van der Waals surface area contributed by atoms with Gasteiger partial charge >= 0.3 is 0 Å². The molecule has 0 amide bonds. The van der Waals surface area contributed by atoms with Gasteiger partial charge in [-0.2, -0.15) is 0 Å². The van der Waals surface area contributed by atoms with Crippen LogP contribution in [0.3, 0.4) is 0 Å². The number of hydrogen-bond donors (Lipinski definition) is 2. The molecule has 1 heterocycles. The first-order valence-corrected chi connectivity index (χ1v) is 7.19. The van der Waals surface area contributed by atoms with E-state index in [4.69, 9.17) is 0 Å². The number of hydrogen-bond acceptors (Lipinski definition) is 3. The van der Waals surface area contributed by atoms with Crippen LogP contribution in [0.4, 0.5) is 0 Å². The monoisotopic (exact) mass is 313 g/mol. The molecule has 0 aromatic heterocycles. The van der Waals surface area contributed by atoms with Crippen LogP contribution in [0, 0.1) is 5.92 Å². The maximum atomic E-state index is 10.2. The molecule has 0 aliphatic carbocycles. The Morgan fingerprint density at radius 2 is 2.00 bits per heavy atom. The highest BCUT2D eigenvalue weighted by Crippen LogP contribution is 2.23. The summed E-state index contributed by atoms with van der Waals surface area (Å²) in [4.78, 5) is 2.23. The van der Waals surface area contributed by atoms with Gasteiger partial charge in [0.15, 0.2) is 0 Å². The van der Waals surface area contributed by atoms with Crippen molar-refractivity contribution in [2.75, 3.05) is 19.6 Å². The van der Waals surface area contributed by atoms with E-state index in [0.29, 0.717) is 12.5 Å². The first-order chi connectivity index (χ1) is 8.56. The molecule has 0 radical (unpaired) electrons. The lowest BCUT2D eigenvalue weighted by atomic mass is 10.0. The Kier molecular flexibility index (Phi) is 4.78. The minimum absolute atomic E-state index is 0.250. The Labute approximate surface area is 117 Å². The van der Waals surface area contributed by atoms with Crippen LogP contribution < -0.4 is 0 Å². The molecular formula is C14H20BrNO2. The quantitative estimate of drug-likeness (QED) is 0.895. The highest BCUT2D eigenvalue weighted by Gasteiger charge is 2.27. The van der Waals surface area contributed by atoms with Crippen molar-refractivity contribution in [1.82, 2.24) is 4.90 Å². The highest BCUT2D eigenvalue weighted by atomic mass is 79.9. The van der Waals surface area contributed by atoms with Gasteiger partial charge in [0, 0.05) is 17.6 Å². The predicted octanol–water partition coefficient (Wildman–Crippen LogP) is 2.19. The molecule has 2 rings (SSSR count). The van der Waals surface area contributed by atoms with E-state index in [2.05, 4.69) is 20.8 Å². The predicted molar refractivity (Wildman–Crippen MR) is 75.3 cm³/mol. The number of rotatable bonds is 4. The topological polar surface area (TPSA) is 43.7 Å². The fourth-order valence-electron chi connectivity index (χ4n) is 2.46. The van der Waals surface area contributed by atoms with Gasteiger partial charge in [0.05, 0.1) is 12.2 Å². The van der Waals surface area contributed by atoms with E-state index in [0.717, 1.165) is 29.5 Å². The third kappa shape index (κ3) is 3.54. The third-order valence-corrected chi connectivity index (χ3v) is 4.21. The molecule has 3 unspecified atom stereocenters. The van der Waals surface area contributed by atoms with E-state index >= 15 is 0 Å². The minimum atomic E-state index is -0.453. The second-order valence-corrected chi connectivity index (χ2v) is 6.03. The lowest BCUT2D eigenvalue weighted by Crippen LogP contribution is -2.28. The van der Waals surface area contributed by atoms with Crippen LogP contribution in [0.5, 0.6) is 0 Å². The van der Waals surface area contributed by atoms with Crippen molar-refractivity contribution in [1.29, 1.82) is 0 Å². The first-order valence-electron chi connectivity index (χ1n) is 6.40. The Hall–Kier alpha value is -0.420. The number of likely N-dealkylation sites (tertiary alicyclic amines) is 1. The van der Waals surface area contributed by atoms with Gasteiger partial charge < -0.3 is 15.1 Å². The van der Waals surface area contributed by atoms with Gasteiger partial charge in [-0.15, -0.1) is 0 Å². The largest absolute Gasteiger partial charge is 0.393 e. The number of halogens is 1. The second-order valence-electron chi connectivity index (χ2n) is 5.12. The molecule has 4 heteroatoms. The molecule has 1 aromatic carbocycles. The molecule has 1 aliphatic rings. The van der Waals surface area contributed by atoms with Gasteiger partial charge in [0.25, 0.3) is 0 Å². The molecule has 2 N–H and O–H groups in total. The smallest absolute Gasteiger partial charge is 0.0916 e. The Morgan fingerprint density at radius 1 is 1.33 bits per heavy atom. The standard InChI is InChI=1S/C14H20BrNO2/c1-10(17)12-6-7-16(8-12)9-14(18)11-2-4-13(15)5-3-11/h2-5,10,12,14,17-18H,6-9H2,1H3. The molecule has 1 fully saturated rings. The summed E-state index contributed by atoms with van der Waals surface area (Å²) in [7, 11) is 0. The molecule has 0 saturated carbocycles. The highest BCUT2D eigenvalue weighted by molar-refractivity contribution is 9.10. The lowest BCUT2D eigenvalue weighted by molar-refractivity contribution is 0.104. The summed E-state index contributed by atoms with van der Waals surface area (Å²) in [6.07, 6.45) is 0.315. The van der Waals surface area contributed by atoms with Gasteiger partial charge in [-0.3, -0.25) is 0 Å². The average Bonchev–Trinajstić information content (AvgIpc) is 2.78. The molecule has 3 nitrogen and oxygen atoms in total. The van der Waals surface area contributed by atoms with Crippen LogP contribution >= 0.6 is 15.9 Å². The van der Waals surface area contributed by atoms with Crippen molar-refractivity contribution in [3.8, 4) is 0 Å². The molecule has 0 spiro atoms. The van der Waals surface area contributed by atoms with Gasteiger partial charge in [-0.05, 0) is 43.5 Å². The molecule has 3 atom stereocenters. The molecule has 0 bridgehead atoms. The van der Waals surface area contributed by atoms with Gasteiger partial charge in [-0.1, -0.05) is 28.1 Å². The molecular weight excluding hydrogens is 294 g/mol. The SMILES string of the molecule is CC(O)C1CCN(CC(O)c2ccc(Br)cc2)C1. The summed E-state index contributed by atoms with van der Waals surface area (Å²) in [6, 6.07) is 7.77. The van der Waals surface area contributed by atoms with Crippen LogP contribution in [-0.4, -0.2) is 40.9 Å². The lowest BCUT2D eigenvalue weighted by Gasteiger charge is -2.21. The van der Waals surface area contributed by atoms with E-state index in [1.165, 1.54) is 0 Å². The molecule has 1 aliphatic heterocycles. The Bertz CT molecular complexity index is 380. The van der Waals surface area contributed by atoms with E-state index in [1.54, 1.807) is 0 Å². The van der Waals surface area contributed by atoms with E-state index in [9.17, 15) is 10.2 Å². The van der Waals surface area contributed by atoms with Crippen LogP contribution in [0.1, 0.15) is 25.0 Å². The van der Waals surface area contributed by atoms with Crippen LogP contribution in [0.2, 0.25) is 0 Å². The van der Waals surface area contributed by atoms with E-state index < -0.39 is 6.10 Å². The van der Waals surface area contributed by atoms with Crippen molar-refractivity contribution >= 4 is 15.9 Å². The van der Waals surface area contributed by atoms with Crippen LogP contribution in [-0.2, 0) is 0 Å². The first kappa shape index (κ1) is 14.0. The normalized spacial score (nSPS) is 24.1. The summed E-state index contributed by atoms with van der Waals surface area (Å²) < 4.78 is 1.02. The van der Waals surface area contributed by atoms with Crippen molar-refractivity contribution in [3.63, 3.8) is 0 Å². The number of nitrogens with zero attached hydrogens (tertiary/aromatic N) is 1. The third-order valence-electron chi connectivity index (χ3n) is 3.68. The number of benzene rings is 1. The van der Waals surface area contributed by atoms with Crippen molar-refractivity contribution in [2.24, 2.45) is 5.92 Å².